The summed E-state index contributed by atoms with van der Waals surface area (Å²) in [6.45, 7) is 6.56. The number of unbranched alkanes of at least 4 members (excludes halogenated alkanes) is 33. The first-order chi connectivity index (χ1) is 31.0. The highest BCUT2D eigenvalue weighted by atomic mass is 16.6. The van der Waals surface area contributed by atoms with Crippen molar-refractivity contribution in [1.29, 1.82) is 0 Å². The van der Waals surface area contributed by atoms with Crippen LogP contribution in [0.5, 0.6) is 0 Å². The third kappa shape index (κ3) is 50.5. The van der Waals surface area contributed by atoms with Gasteiger partial charge in [-0.25, -0.2) is 0 Å². The molecular weight excluding hydrogens is 781 g/mol. The summed E-state index contributed by atoms with van der Waals surface area (Å²) in [5, 5.41) is 0. The van der Waals surface area contributed by atoms with E-state index in [0.29, 0.717) is 19.3 Å². The molecule has 0 N–H and O–H groups in total. The van der Waals surface area contributed by atoms with Crippen LogP contribution in [0.4, 0.5) is 0 Å². The van der Waals surface area contributed by atoms with Gasteiger partial charge in [0.2, 0.25) is 0 Å². The summed E-state index contributed by atoms with van der Waals surface area (Å²) in [5.74, 6) is -0.864. The third-order valence-electron chi connectivity index (χ3n) is 12.2. The molecule has 0 heterocycles. The Balaban J connectivity index is 4.34. The number of carbonyl (C=O) groups excluding carboxylic acids is 3. The summed E-state index contributed by atoms with van der Waals surface area (Å²) in [5.41, 5.74) is 0. The van der Waals surface area contributed by atoms with Crippen LogP contribution in [0, 0.1) is 0 Å². The van der Waals surface area contributed by atoms with E-state index in [-0.39, 0.29) is 31.1 Å². The minimum absolute atomic E-state index is 0.0705. The minimum Gasteiger partial charge on any atom is -0.462 e. The standard InChI is InChI=1S/C57H104O6/c1-4-7-10-13-16-19-22-25-28-29-30-33-35-38-41-44-47-50-56(59)62-53-54(63-57(60)51-48-45-42-39-36-32-27-24-21-18-15-12-9-6-3)52-61-55(58)49-46-43-40-37-34-31-26-23-20-17-14-11-8-5-2/h7,10,16,19,25,28,54H,4-6,8-9,11-15,17-18,20-24,26-27,29-53H2,1-3H3/b10-7-,19-16-,28-25-. The number of esters is 3. The van der Waals surface area contributed by atoms with Gasteiger partial charge in [-0.3, -0.25) is 14.4 Å². The molecule has 0 fully saturated rings. The van der Waals surface area contributed by atoms with Crippen molar-refractivity contribution >= 4 is 17.9 Å². The number of allylic oxidation sites excluding steroid dienone is 6. The highest BCUT2D eigenvalue weighted by Gasteiger charge is 2.19. The van der Waals surface area contributed by atoms with Crippen molar-refractivity contribution in [3.05, 3.63) is 36.5 Å². The molecular formula is C57H104O6. The molecule has 63 heavy (non-hydrogen) atoms. The zero-order valence-electron chi connectivity index (χ0n) is 42.1. The Hall–Kier alpha value is -2.37. The Kier molecular flexibility index (Phi) is 50.3. The maximum Gasteiger partial charge on any atom is 0.306 e. The van der Waals surface area contributed by atoms with E-state index in [4.69, 9.17) is 14.2 Å². The lowest BCUT2D eigenvalue weighted by molar-refractivity contribution is -0.167. The molecule has 368 valence electrons. The summed E-state index contributed by atoms with van der Waals surface area (Å²) >= 11 is 0. The summed E-state index contributed by atoms with van der Waals surface area (Å²) in [6, 6.07) is 0. The number of ether oxygens (including phenoxy) is 3. The smallest absolute Gasteiger partial charge is 0.306 e. The highest BCUT2D eigenvalue weighted by molar-refractivity contribution is 5.71. The van der Waals surface area contributed by atoms with Gasteiger partial charge in [0, 0.05) is 19.3 Å². The van der Waals surface area contributed by atoms with E-state index in [1.807, 2.05) is 0 Å². The van der Waals surface area contributed by atoms with Gasteiger partial charge >= 0.3 is 17.9 Å². The van der Waals surface area contributed by atoms with Gasteiger partial charge in [-0.05, 0) is 51.4 Å². The van der Waals surface area contributed by atoms with E-state index in [1.165, 1.54) is 167 Å². The monoisotopic (exact) mass is 885 g/mol. The number of hydrogen-bond donors (Lipinski definition) is 0. The zero-order valence-corrected chi connectivity index (χ0v) is 42.1. The normalized spacial score (nSPS) is 12.2. The lowest BCUT2D eigenvalue weighted by atomic mass is 10.0. The molecule has 0 saturated carbocycles. The highest BCUT2D eigenvalue weighted by Crippen LogP contribution is 2.16. The summed E-state index contributed by atoms with van der Waals surface area (Å²) in [6.07, 6.45) is 61.2. The predicted octanol–water partition coefficient (Wildman–Crippen LogP) is 18.1. The molecule has 0 bridgehead atoms. The van der Waals surface area contributed by atoms with Crippen molar-refractivity contribution in [2.24, 2.45) is 0 Å². The van der Waals surface area contributed by atoms with Crippen LogP contribution < -0.4 is 0 Å². The molecule has 0 rings (SSSR count). The van der Waals surface area contributed by atoms with Crippen LogP contribution in [0.15, 0.2) is 36.5 Å². The van der Waals surface area contributed by atoms with Crippen molar-refractivity contribution in [2.75, 3.05) is 13.2 Å². The van der Waals surface area contributed by atoms with Crippen LogP contribution in [-0.4, -0.2) is 37.2 Å². The van der Waals surface area contributed by atoms with Crippen LogP contribution in [0.3, 0.4) is 0 Å². The summed E-state index contributed by atoms with van der Waals surface area (Å²) in [4.78, 5) is 38.1. The molecule has 0 spiro atoms. The molecule has 6 heteroatoms. The first kappa shape index (κ1) is 60.6. The Labute approximate surface area is 391 Å². The lowest BCUT2D eigenvalue weighted by Gasteiger charge is -2.18. The molecule has 1 unspecified atom stereocenters. The van der Waals surface area contributed by atoms with Crippen LogP contribution in [0.1, 0.15) is 290 Å². The van der Waals surface area contributed by atoms with Crippen molar-refractivity contribution in [2.45, 2.75) is 297 Å². The average molecular weight is 885 g/mol. The second-order valence-electron chi connectivity index (χ2n) is 18.5. The Morgan fingerprint density at radius 1 is 0.333 bits per heavy atom. The molecule has 0 aromatic carbocycles. The Bertz CT molecular complexity index is 1060. The quantitative estimate of drug-likeness (QED) is 0.0262. The van der Waals surface area contributed by atoms with Gasteiger partial charge in [0.1, 0.15) is 13.2 Å². The first-order valence-corrected chi connectivity index (χ1v) is 27.5. The molecule has 0 amide bonds. The fourth-order valence-electron chi connectivity index (χ4n) is 8.05. The molecule has 0 radical (unpaired) electrons. The Morgan fingerprint density at radius 2 is 0.619 bits per heavy atom. The molecule has 0 aromatic rings. The van der Waals surface area contributed by atoms with Gasteiger partial charge in [0.15, 0.2) is 6.10 Å². The number of hydrogen-bond acceptors (Lipinski definition) is 6. The zero-order chi connectivity index (χ0) is 45.8. The van der Waals surface area contributed by atoms with Gasteiger partial charge in [0.25, 0.3) is 0 Å². The van der Waals surface area contributed by atoms with Crippen LogP contribution >= 0.6 is 0 Å². The maximum absolute atomic E-state index is 12.8. The van der Waals surface area contributed by atoms with E-state index < -0.39 is 6.10 Å². The molecule has 1 atom stereocenters. The third-order valence-corrected chi connectivity index (χ3v) is 12.2. The molecule has 6 nitrogen and oxygen atoms in total. The van der Waals surface area contributed by atoms with Crippen molar-refractivity contribution in [3.8, 4) is 0 Å². The predicted molar refractivity (Wildman–Crippen MR) is 270 cm³/mol. The SMILES string of the molecule is CC/C=C\C/C=C\C/C=C\CCCCCCCCCC(=O)OCC(COC(=O)CCCCCCCCCCCCCCCC)OC(=O)CCCCCCCCCCCCCCCC. The van der Waals surface area contributed by atoms with Crippen LogP contribution in [0.25, 0.3) is 0 Å². The summed E-state index contributed by atoms with van der Waals surface area (Å²) in [7, 11) is 0. The molecule has 0 aliphatic carbocycles. The van der Waals surface area contributed by atoms with Gasteiger partial charge in [-0.2, -0.15) is 0 Å². The fraction of sp³-hybridized carbons (Fsp3) is 0.842. The molecule has 0 aliphatic rings. The van der Waals surface area contributed by atoms with Crippen molar-refractivity contribution in [1.82, 2.24) is 0 Å². The second kappa shape index (κ2) is 52.3. The molecule has 0 aromatic heterocycles. The second-order valence-corrected chi connectivity index (χ2v) is 18.5. The van der Waals surface area contributed by atoms with E-state index in [0.717, 1.165) is 83.5 Å². The van der Waals surface area contributed by atoms with Gasteiger partial charge in [0.05, 0.1) is 0 Å². The minimum atomic E-state index is -0.771. The Morgan fingerprint density at radius 3 is 0.968 bits per heavy atom. The maximum atomic E-state index is 12.8. The largest absolute Gasteiger partial charge is 0.462 e. The van der Waals surface area contributed by atoms with Crippen molar-refractivity contribution in [3.63, 3.8) is 0 Å². The van der Waals surface area contributed by atoms with Crippen molar-refractivity contribution < 1.29 is 28.6 Å². The van der Waals surface area contributed by atoms with Crippen LogP contribution in [0.2, 0.25) is 0 Å². The number of rotatable bonds is 50. The van der Waals surface area contributed by atoms with Gasteiger partial charge in [-0.15, -0.1) is 0 Å². The van der Waals surface area contributed by atoms with Gasteiger partial charge < -0.3 is 14.2 Å². The average Bonchev–Trinajstić information content (AvgIpc) is 3.28. The molecule has 0 aliphatic heterocycles. The fourth-order valence-corrected chi connectivity index (χ4v) is 8.05. The van der Waals surface area contributed by atoms with E-state index in [2.05, 4.69) is 57.2 Å². The topological polar surface area (TPSA) is 78.9 Å². The summed E-state index contributed by atoms with van der Waals surface area (Å²) < 4.78 is 16.8. The van der Waals surface area contributed by atoms with E-state index in [1.54, 1.807) is 0 Å². The van der Waals surface area contributed by atoms with E-state index >= 15 is 0 Å². The first-order valence-electron chi connectivity index (χ1n) is 27.5. The van der Waals surface area contributed by atoms with Crippen LogP contribution in [-0.2, 0) is 28.6 Å². The lowest BCUT2D eigenvalue weighted by Crippen LogP contribution is -2.30. The molecule has 0 saturated heterocycles. The number of carbonyl (C=O) groups is 3. The van der Waals surface area contributed by atoms with E-state index in [9.17, 15) is 14.4 Å². The van der Waals surface area contributed by atoms with Gasteiger partial charge in [-0.1, -0.05) is 256 Å².